The van der Waals surface area contributed by atoms with Crippen LogP contribution in [0.1, 0.15) is 11.6 Å². The third-order valence-electron chi connectivity index (χ3n) is 5.41. The molecule has 6 aromatic rings. The molecule has 0 aliphatic heterocycles. The van der Waals surface area contributed by atoms with E-state index in [9.17, 15) is 0 Å². The van der Waals surface area contributed by atoms with Gasteiger partial charge in [-0.25, -0.2) is 14.5 Å². The Labute approximate surface area is 165 Å². The van der Waals surface area contributed by atoms with Gasteiger partial charge in [0.1, 0.15) is 5.82 Å². The quantitative estimate of drug-likeness (QED) is 0.470. The monoisotopic (exact) mass is 379 g/mol. The van der Waals surface area contributed by atoms with Gasteiger partial charge >= 0.3 is 0 Å². The third-order valence-corrected chi connectivity index (χ3v) is 5.41. The lowest BCUT2D eigenvalue weighted by Crippen LogP contribution is -2.01. The first-order valence-electron chi connectivity index (χ1n) is 9.56. The van der Waals surface area contributed by atoms with Crippen molar-refractivity contribution in [3.8, 4) is 0 Å². The summed E-state index contributed by atoms with van der Waals surface area (Å²) in [5.74, 6) is 1.82. The molecule has 0 aliphatic carbocycles. The minimum absolute atomic E-state index is 0.719. The third kappa shape index (κ3) is 2.47. The molecular formula is C22H17N7. The van der Waals surface area contributed by atoms with E-state index < -0.39 is 0 Å². The number of rotatable bonds is 3. The highest BCUT2D eigenvalue weighted by molar-refractivity contribution is 6.02. The van der Waals surface area contributed by atoms with Crippen molar-refractivity contribution in [3.63, 3.8) is 0 Å². The van der Waals surface area contributed by atoms with E-state index in [1.54, 1.807) is 6.20 Å². The topological polar surface area (TPSA) is 73.8 Å². The molecular weight excluding hydrogens is 362 g/mol. The Hall–Kier alpha value is -3.87. The first-order valence-corrected chi connectivity index (χ1v) is 9.56. The zero-order valence-corrected chi connectivity index (χ0v) is 15.8. The van der Waals surface area contributed by atoms with Crippen molar-refractivity contribution in [3.05, 3.63) is 72.6 Å². The standard InChI is InChI=1S/C22H17N7/c1-28-18-8-6-15-14(4-2-12-23-15)22(18)26-20(28)11-9-19-25-21-10-7-16-17(29(21)27-19)5-3-13-24-16/h2-8,10,12-13H,9,11H2,1H3. The highest BCUT2D eigenvalue weighted by atomic mass is 15.3. The van der Waals surface area contributed by atoms with Gasteiger partial charge in [0.25, 0.3) is 0 Å². The van der Waals surface area contributed by atoms with E-state index in [0.717, 1.165) is 63.1 Å². The molecule has 0 amide bonds. The van der Waals surface area contributed by atoms with Gasteiger partial charge in [-0.2, -0.15) is 5.10 Å². The molecule has 0 saturated heterocycles. The van der Waals surface area contributed by atoms with Gasteiger partial charge in [-0.1, -0.05) is 0 Å². The van der Waals surface area contributed by atoms with Crippen LogP contribution in [-0.2, 0) is 19.9 Å². The van der Waals surface area contributed by atoms with Crippen LogP contribution in [0.2, 0.25) is 0 Å². The molecule has 0 aliphatic rings. The summed E-state index contributed by atoms with van der Waals surface area (Å²) in [7, 11) is 2.06. The number of nitrogens with zero attached hydrogens (tertiary/aromatic N) is 7. The van der Waals surface area contributed by atoms with Crippen LogP contribution in [-0.4, -0.2) is 34.1 Å². The van der Waals surface area contributed by atoms with E-state index in [0.29, 0.717) is 0 Å². The van der Waals surface area contributed by atoms with Crippen molar-refractivity contribution in [2.75, 3.05) is 0 Å². The molecule has 7 nitrogen and oxygen atoms in total. The second-order valence-corrected chi connectivity index (χ2v) is 7.13. The predicted molar refractivity (Wildman–Crippen MR) is 112 cm³/mol. The fourth-order valence-corrected chi connectivity index (χ4v) is 3.93. The fraction of sp³-hybridized carbons (Fsp3) is 0.136. The number of hydrogen-bond acceptors (Lipinski definition) is 5. The Morgan fingerprint density at radius 1 is 0.793 bits per heavy atom. The highest BCUT2D eigenvalue weighted by Gasteiger charge is 2.13. The molecule has 140 valence electrons. The molecule has 0 spiro atoms. The maximum atomic E-state index is 4.91. The lowest BCUT2D eigenvalue weighted by atomic mass is 10.2. The molecule has 7 heteroatoms. The Kier molecular flexibility index (Phi) is 3.37. The number of benzene rings is 1. The number of pyridine rings is 3. The minimum Gasteiger partial charge on any atom is -0.331 e. The molecule has 0 N–H and O–H groups in total. The van der Waals surface area contributed by atoms with Gasteiger partial charge in [-0.15, -0.1) is 0 Å². The normalized spacial score (nSPS) is 11.9. The lowest BCUT2D eigenvalue weighted by Gasteiger charge is -2.01. The molecule has 0 saturated carbocycles. The van der Waals surface area contributed by atoms with Gasteiger partial charge in [-0.3, -0.25) is 9.97 Å². The maximum absolute atomic E-state index is 4.91. The molecule has 1 aromatic carbocycles. The average Bonchev–Trinajstić information content (AvgIpc) is 3.33. The van der Waals surface area contributed by atoms with Gasteiger partial charge in [0.15, 0.2) is 11.5 Å². The molecule has 0 bridgehead atoms. The number of aryl methyl sites for hydroxylation is 3. The highest BCUT2D eigenvalue weighted by Crippen LogP contribution is 2.24. The summed E-state index contributed by atoms with van der Waals surface area (Å²) in [4.78, 5) is 18.4. The van der Waals surface area contributed by atoms with Gasteiger partial charge in [0.05, 0.1) is 27.6 Å². The summed E-state index contributed by atoms with van der Waals surface area (Å²) < 4.78 is 4.02. The van der Waals surface area contributed by atoms with Crippen molar-refractivity contribution in [2.45, 2.75) is 12.8 Å². The zero-order valence-electron chi connectivity index (χ0n) is 15.8. The summed E-state index contributed by atoms with van der Waals surface area (Å²) in [5, 5.41) is 5.79. The minimum atomic E-state index is 0.719. The zero-order chi connectivity index (χ0) is 19.4. The molecule has 5 heterocycles. The number of imidazole rings is 1. The average molecular weight is 379 g/mol. The maximum Gasteiger partial charge on any atom is 0.156 e. The van der Waals surface area contributed by atoms with Crippen molar-refractivity contribution in [2.24, 2.45) is 7.05 Å². The lowest BCUT2D eigenvalue weighted by molar-refractivity contribution is 0.758. The fourth-order valence-electron chi connectivity index (χ4n) is 3.93. The van der Waals surface area contributed by atoms with Gasteiger partial charge in [0.2, 0.25) is 0 Å². The molecule has 0 fully saturated rings. The molecule has 0 atom stereocenters. The van der Waals surface area contributed by atoms with Crippen LogP contribution in [0.5, 0.6) is 0 Å². The summed E-state index contributed by atoms with van der Waals surface area (Å²) in [6.45, 7) is 0. The van der Waals surface area contributed by atoms with Crippen LogP contribution in [0.15, 0.2) is 60.9 Å². The summed E-state index contributed by atoms with van der Waals surface area (Å²) in [6.07, 6.45) is 5.08. The Morgan fingerprint density at radius 3 is 2.55 bits per heavy atom. The van der Waals surface area contributed by atoms with Crippen molar-refractivity contribution in [1.29, 1.82) is 0 Å². The van der Waals surface area contributed by atoms with Gasteiger partial charge in [0, 0.05) is 37.7 Å². The van der Waals surface area contributed by atoms with E-state index in [-0.39, 0.29) is 0 Å². The van der Waals surface area contributed by atoms with Gasteiger partial charge < -0.3 is 4.57 Å². The SMILES string of the molecule is Cn1c(CCc2nc3ccc4ncccc4n3n2)nc2c3cccnc3ccc21. The summed E-state index contributed by atoms with van der Waals surface area (Å²) >= 11 is 0. The largest absolute Gasteiger partial charge is 0.331 e. The Bertz CT molecular complexity index is 1530. The molecule has 5 aromatic heterocycles. The Balaban J connectivity index is 1.38. The van der Waals surface area contributed by atoms with E-state index >= 15 is 0 Å². The van der Waals surface area contributed by atoms with E-state index in [4.69, 9.17) is 10.1 Å². The summed E-state index contributed by atoms with van der Waals surface area (Å²) in [6, 6.07) is 16.0. The predicted octanol–water partition coefficient (Wildman–Crippen LogP) is 3.50. The molecule has 0 radical (unpaired) electrons. The van der Waals surface area contributed by atoms with Crippen LogP contribution in [0.3, 0.4) is 0 Å². The second kappa shape index (κ2) is 6.07. The summed E-state index contributed by atoms with van der Waals surface area (Å²) in [5.41, 5.74) is 5.78. The van der Waals surface area contributed by atoms with E-state index in [1.807, 2.05) is 47.1 Å². The first-order chi connectivity index (χ1) is 14.3. The van der Waals surface area contributed by atoms with Crippen molar-refractivity contribution >= 4 is 38.6 Å². The van der Waals surface area contributed by atoms with Crippen molar-refractivity contribution in [1.82, 2.24) is 34.1 Å². The number of fused-ring (bicyclic) bond motifs is 6. The molecule has 0 unspecified atom stereocenters. The van der Waals surface area contributed by atoms with Crippen LogP contribution in [0.4, 0.5) is 0 Å². The Morgan fingerprint density at radius 2 is 1.62 bits per heavy atom. The number of hydrogen-bond donors (Lipinski definition) is 0. The molecule has 6 rings (SSSR count). The van der Waals surface area contributed by atoms with E-state index in [1.165, 1.54) is 0 Å². The van der Waals surface area contributed by atoms with Crippen molar-refractivity contribution < 1.29 is 0 Å². The first kappa shape index (κ1) is 16.1. The second-order valence-electron chi connectivity index (χ2n) is 7.13. The number of aromatic nitrogens is 7. The van der Waals surface area contributed by atoms with Crippen LogP contribution in [0, 0.1) is 0 Å². The smallest absolute Gasteiger partial charge is 0.156 e. The van der Waals surface area contributed by atoms with Crippen LogP contribution < -0.4 is 0 Å². The van der Waals surface area contributed by atoms with Crippen LogP contribution in [0.25, 0.3) is 38.6 Å². The van der Waals surface area contributed by atoms with Crippen LogP contribution >= 0.6 is 0 Å². The van der Waals surface area contributed by atoms with Gasteiger partial charge in [-0.05, 0) is 48.5 Å². The van der Waals surface area contributed by atoms with E-state index in [2.05, 4.69) is 38.7 Å². The molecule has 29 heavy (non-hydrogen) atoms.